The minimum absolute atomic E-state index is 0.0767. The lowest BCUT2D eigenvalue weighted by atomic mass is 10.2. The van der Waals surface area contributed by atoms with E-state index >= 15 is 0 Å². The zero-order chi connectivity index (χ0) is 15.0. The average Bonchev–Trinajstić information content (AvgIpc) is 2.78. The standard InChI is InChI=1S/C14H20FN3O2S/c15-13-5-4-12(9-14(13)16)21(19,20)18-8-2-7-17-6-1-3-11(17)10-18/h4-5,9,11H,1-3,6-8,10,16H2. The second-order valence-electron chi connectivity index (χ2n) is 5.73. The van der Waals surface area contributed by atoms with Crippen LogP contribution in [0.2, 0.25) is 0 Å². The van der Waals surface area contributed by atoms with Gasteiger partial charge in [0.2, 0.25) is 10.0 Å². The summed E-state index contributed by atoms with van der Waals surface area (Å²) in [5.41, 5.74) is 5.37. The lowest BCUT2D eigenvalue weighted by molar-refractivity contribution is 0.257. The Morgan fingerprint density at radius 2 is 1.95 bits per heavy atom. The summed E-state index contributed by atoms with van der Waals surface area (Å²) in [4.78, 5) is 2.45. The highest BCUT2D eigenvalue weighted by Crippen LogP contribution is 2.26. The van der Waals surface area contributed by atoms with Gasteiger partial charge in [-0.2, -0.15) is 4.31 Å². The molecule has 7 heteroatoms. The van der Waals surface area contributed by atoms with Crippen molar-refractivity contribution in [3.63, 3.8) is 0 Å². The molecule has 1 aromatic rings. The van der Waals surface area contributed by atoms with Crippen molar-refractivity contribution in [3.8, 4) is 0 Å². The summed E-state index contributed by atoms with van der Waals surface area (Å²) < 4.78 is 40.2. The highest BCUT2D eigenvalue weighted by molar-refractivity contribution is 7.89. The van der Waals surface area contributed by atoms with E-state index in [1.807, 2.05) is 0 Å². The number of halogens is 1. The fourth-order valence-electron chi connectivity index (χ4n) is 3.22. The summed E-state index contributed by atoms with van der Waals surface area (Å²) in [6.45, 7) is 3.02. The monoisotopic (exact) mass is 313 g/mol. The molecule has 0 aromatic heterocycles. The molecule has 0 radical (unpaired) electrons. The number of sulfonamides is 1. The Balaban J connectivity index is 1.88. The van der Waals surface area contributed by atoms with E-state index < -0.39 is 15.8 Å². The van der Waals surface area contributed by atoms with Gasteiger partial charge in [0, 0.05) is 19.1 Å². The van der Waals surface area contributed by atoms with Crippen molar-refractivity contribution in [3.05, 3.63) is 24.0 Å². The molecule has 1 aromatic carbocycles. The predicted octanol–water partition coefficient (Wildman–Crippen LogP) is 1.27. The topological polar surface area (TPSA) is 66.6 Å². The molecule has 0 saturated carbocycles. The largest absolute Gasteiger partial charge is 0.396 e. The Morgan fingerprint density at radius 1 is 1.19 bits per heavy atom. The van der Waals surface area contributed by atoms with E-state index in [1.165, 1.54) is 16.4 Å². The molecule has 2 aliphatic rings. The smallest absolute Gasteiger partial charge is 0.243 e. The molecular weight excluding hydrogens is 293 g/mol. The van der Waals surface area contributed by atoms with E-state index in [0.717, 1.165) is 38.4 Å². The Hall–Kier alpha value is -1.18. The van der Waals surface area contributed by atoms with Crippen LogP contribution in [0.15, 0.2) is 23.1 Å². The van der Waals surface area contributed by atoms with Crippen LogP contribution in [0.25, 0.3) is 0 Å². The van der Waals surface area contributed by atoms with E-state index in [1.54, 1.807) is 0 Å². The van der Waals surface area contributed by atoms with E-state index in [9.17, 15) is 12.8 Å². The number of rotatable bonds is 2. The summed E-state index contributed by atoms with van der Waals surface area (Å²) >= 11 is 0. The first kappa shape index (κ1) is 14.7. The average molecular weight is 313 g/mol. The lowest BCUT2D eigenvalue weighted by Crippen LogP contribution is -2.39. The van der Waals surface area contributed by atoms with Gasteiger partial charge in [-0.3, -0.25) is 4.90 Å². The van der Waals surface area contributed by atoms with Crippen molar-refractivity contribution in [1.82, 2.24) is 9.21 Å². The minimum atomic E-state index is -3.60. The van der Waals surface area contributed by atoms with Gasteiger partial charge < -0.3 is 5.73 Å². The SMILES string of the molecule is Nc1cc(S(=O)(=O)N2CCCN3CCCC3C2)ccc1F. The Morgan fingerprint density at radius 3 is 2.71 bits per heavy atom. The zero-order valence-electron chi connectivity index (χ0n) is 11.8. The maximum Gasteiger partial charge on any atom is 0.243 e. The summed E-state index contributed by atoms with van der Waals surface area (Å²) in [5.74, 6) is -0.591. The molecule has 2 saturated heterocycles. The number of nitrogen functional groups attached to an aromatic ring is 1. The Kier molecular flexibility index (Phi) is 3.90. The summed E-state index contributed by atoms with van der Waals surface area (Å²) in [6.07, 6.45) is 2.99. The van der Waals surface area contributed by atoms with Crippen LogP contribution in [-0.2, 0) is 10.0 Å². The number of anilines is 1. The molecule has 2 fully saturated rings. The second kappa shape index (κ2) is 5.55. The van der Waals surface area contributed by atoms with Crippen LogP contribution in [-0.4, -0.2) is 49.8 Å². The van der Waals surface area contributed by atoms with Crippen molar-refractivity contribution < 1.29 is 12.8 Å². The molecule has 0 spiro atoms. The molecule has 1 unspecified atom stereocenters. The third-order valence-electron chi connectivity index (χ3n) is 4.37. The summed E-state index contributed by atoms with van der Waals surface area (Å²) in [6, 6.07) is 3.92. The first-order valence-corrected chi connectivity index (χ1v) is 8.72. The van der Waals surface area contributed by atoms with Crippen molar-refractivity contribution in [2.45, 2.75) is 30.2 Å². The van der Waals surface area contributed by atoms with Gasteiger partial charge >= 0.3 is 0 Å². The Labute approximate surface area is 124 Å². The van der Waals surface area contributed by atoms with Gasteiger partial charge in [-0.25, -0.2) is 12.8 Å². The van der Waals surface area contributed by atoms with Gasteiger partial charge in [0.1, 0.15) is 5.82 Å². The number of hydrogen-bond donors (Lipinski definition) is 1. The zero-order valence-corrected chi connectivity index (χ0v) is 12.7. The quantitative estimate of drug-likeness (QED) is 0.835. The number of fused-ring (bicyclic) bond motifs is 1. The van der Waals surface area contributed by atoms with Gasteiger partial charge in [-0.05, 0) is 50.6 Å². The molecule has 3 rings (SSSR count). The van der Waals surface area contributed by atoms with Crippen LogP contribution in [0, 0.1) is 5.82 Å². The maximum absolute atomic E-state index is 13.2. The van der Waals surface area contributed by atoms with Crippen LogP contribution in [0.5, 0.6) is 0 Å². The lowest BCUT2D eigenvalue weighted by Gasteiger charge is -2.25. The molecule has 0 amide bonds. The van der Waals surface area contributed by atoms with Gasteiger partial charge in [-0.1, -0.05) is 0 Å². The molecule has 0 aliphatic carbocycles. The number of nitrogens with zero attached hydrogens (tertiary/aromatic N) is 2. The third-order valence-corrected chi connectivity index (χ3v) is 6.23. The first-order chi connectivity index (χ1) is 9.98. The molecule has 2 N–H and O–H groups in total. The normalized spacial score (nSPS) is 24.7. The van der Waals surface area contributed by atoms with Crippen molar-refractivity contribution in [2.75, 3.05) is 31.9 Å². The first-order valence-electron chi connectivity index (χ1n) is 7.28. The Bertz CT molecular complexity index is 635. The minimum Gasteiger partial charge on any atom is -0.396 e. The summed E-state index contributed by atoms with van der Waals surface area (Å²) in [5, 5.41) is 0. The molecular formula is C14H20FN3O2S. The number of hydrogen-bond acceptors (Lipinski definition) is 4. The van der Waals surface area contributed by atoms with Crippen LogP contribution < -0.4 is 5.73 Å². The van der Waals surface area contributed by atoms with Crippen LogP contribution in [0.4, 0.5) is 10.1 Å². The highest BCUT2D eigenvalue weighted by atomic mass is 32.2. The van der Waals surface area contributed by atoms with Gasteiger partial charge in [-0.15, -0.1) is 0 Å². The number of nitrogens with two attached hydrogens (primary N) is 1. The maximum atomic E-state index is 13.2. The molecule has 21 heavy (non-hydrogen) atoms. The van der Waals surface area contributed by atoms with E-state index in [2.05, 4.69) is 4.90 Å². The van der Waals surface area contributed by atoms with Gasteiger partial charge in [0.05, 0.1) is 10.6 Å². The van der Waals surface area contributed by atoms with Crippen LogP contribution >= 0.6 is 0 Å². The van der Waals surface area contributed by atoms with Crippen molar-refractivity contribution in [2.24, 2.45) is 0 Å². The van der Waals surface area contributed by atoms with Crippen LogP contribution in [0.1, 0.15) is 19.3 Å². The number of benzene rings is 1. The van der Waals surface area contributed by atoms with E-state index in [0.29, 0.717) is 19.1 Å². The van der Waals surface area contributed by atoms with Crippen molar-refractivity contribution >= 4 is 15.7 Å². The van der Waals surface area contributed by atoms with Crippen LogP contribution in [0.3, 0.4) is 0 Å². The van der Waals surface area contributed by atoms with Crippen molar-refractivity contribution in [1.29, 1.82) is 0 Å². The third kappa shape index (κ3) is 2.77. The van der Waals surface area contributed by atoms with E-state index in [4.69, 9.17) is 5.73 Å². The summed E-state index contributed by atoms with van der Waals surface area (Å²) in [7, 11) is -3.60. The predicted molar refractivity (Wildman–Crippen MR) is 78.8 cm³/mol. The van der Waals surface area contributed by atoms with Gasteiger partial charge in [0.25, 0.3) is 0 Å². The fourth-order valence-corrected chi connectivity index (χ4v) is 4.77. The molecule has 5 nitrogen and oxygen atoms in total. The highest BCUT2D eigenvalue weighted by Gasteiger charge is 2.34. The second-order valence-corrected chi connectivity index (χ2v) is 7.67. The fraction of sp³-hybridized carbons (Fsp3) is 0.571. The molecule has 1 atom stereocenters. The van der Waals surface area contributed by atoms with Gasteiger partial charge in [0.15, 0.2) is 0 Å². The van der Waals surface area contributed by atoms with E-state index in [-0.39, 0.29) is 10.6 Å². The molecule has 116 valence electrons. The molecule has 2 aliphatic heterocycles. The molecule has 0 bridgehead atoms. The molecule has 2 heterocycles.